The summed E-state index contributed by atoms with van der Waals surface area (Å²) in [6, 6.07) is 28.6. The number of benzene rings is 6. The molecule has 1 N–H and O–H groups in total. The number of nitrogens with one attached hydrogen (secondary N) is 1. The van der Waals surface area contributed by atoms with Crippen molar-refractivity contribution in [2.75, 3.05) is 0 Å². The van der Waals surface area contributed by atoms with Crippen LogP contribution in [-0.4, -0.2) is 6.30 Å². The SMILES string of the molecule is CC(C)c1cc(C(C)C)c(-c2cc3ccccc3c3c2O[P+]([O-])(NC(F)(F)F)Oc2c(-c4c(C(C)C)cc(C(C)C)cc4C(C)C)cc4ccccc4c2-3)c(C(C)C)c1. The Balaban J connectivity index is 1.76. The van der Waals surface area contributed by atoms with E-state index >= 15 is 4.89 Å². The van der Waals surface area contributed by atoms with Gasteiger partial charge in [0.1, 0.15) is 0 Å². The lowest BCUT2D eigenvalue weighted by Crippen LogP contribution is -2.41. The van der Waals surface area contributed by atoms with Crippen LogP contribution >= 0.6 is 8.09 Å². The highest BCUT2D eigenvalue weighted by atomic mass is 31.2. The summed E-state index contributed by atoms with van der Waals surface area (Å²) in [5, 5.41) is 4.66. The molecule has 6 aromatic rings. The predicted molar refractivity (Wildman–Crippen MR) is 240 cm³/mol. The zero-order chi connectivity index (χ0) is 42.9. The van der Waals surface area contributed by atoms with Crippen molar-refractivity contribution in [1.82, 2.24) is 5.09 Å². The Morgan fingerprint density at radius 2 is 0.797 bits per heavy atom. The average molecular weight is 820 g/mol. The van der Waals surface area contributed by atoms with Gasteiger partial charge in [-0.25, -0.2) is 0 Å². The molecule has 0 unspecified atom stereocenters. The highest BCUT2D eigenvalue weighted by Gasteiger charge is 2.51. The Kier molecular flexibility index (Phi) is 11.5. The third kappa shape index (κ3) is 7.99. The van der Waals surface area contributed by atoms with Gasteiger partial charge in [0.25, 0.3) is 0 Å². The first kappa shape index (κ1) is 42.7. The van der Waals surface area contributed by atoms with E-state index < -0.39 is 14.4 Å². The molecule has 59 heavy (non-hydrogen) atoms. The molecule has 6 aromatic carbocycles. The molecule has 4 nitrogen and oxygen atoms in total. The van der Waals surface area contributed by atoms with Crippen LogP contribution in [0.25, 0.3) is 54.9 Å². The van der Waals surface area contributed by atoms with Crippen molar-refractivity contribution in [1.29, 1.82) is 0 Å². The summed E-state index contributed by atoms with van der Waals surface area (Å²) in [6.45, 7) is 25.7. The molecule has 0 bridgehead atoms. The van der Waals surface area contributed by atoms with Gasteiger partial charge in [0.15, 0.2) is 11.5 Å². The van der Waals surface area contributed by atoms with Crippen LogP contribution in [0.15, 0.2) is 84.9 Å². The molecule has 0 atom stereocenters. The molecule has 0 saturated carbocycles. The third-order valence-electron chi connectivity index (χ3n) is 11.7. The van der Waals surface area contributed by atoms with E-state index in [0.717, 1.165) is 54.9 Å². The van der Waals surface area contributed by atoms with Gasteiger partial charge >= 0.3 is 14.4 Å². The quantitative estimate of drug-likeness (QED) is 0.117. The van der Waals surface area contributed by atoms with Crippen LogP contribution < -0.4 is 19.0 Å². The largest absolute Gasteiger partial charge is 0.601 e. The monoisotopic (exact) mass is 819 g/mol. The molecule has 0 spiro atoms. The zero-order valence-corrected chi connectivity index (χ0v) is 37.2. The molecule has 1 aliphatic rings. The maximum Gasteiger partial charge on any atom is 0.493 e. The summed E-state index contributed by atoms with van der Waals surface area (Å²) in [5.74, 6) is 0.845. The van der Waals surface area contributed by atoms with E-state index in [1.165, 1.54) is 16.2 Å². The van der Waals surface area contributed by atoms with Crippen molar-refractivity contribution in [3.8, 4) is 44.9 Å². The van der Waals surface area contributed by atoms with Gasteiger partial charge in [-0.1, -0.05) is 156 Å². The average Bonchev–Trinajstić information content (AvgIpc) is 3.29. The topological polar surface area (TPSA) is 53.5 Å². The van der Waals surface area contributed by atoms with Crippen molar-refractivity contribution >= 4 is 29.6 Å². The molecular weight excluding hydrogens is 763 g/mol. The summed E-state index contributed by atoms with van der Waals surface area (Å²) < 4.78 is 57.4. The molecule has 0 aliphatic carbocycles. The maximum absolute atomic E-state index is 15.3. The molecule has 0 saturated heterocycles. The van der Waals surface area contributed by atoms with E-state index in [4.69, 9.17) is 9.05 Å². The van der Waals surface area contributed by atoms with Crippen LogP contribution in [0.5, 0.6) is 11.5 Å². The second-order valence-corrected chi connectivity index (χ2v) is 19.6. The van der Waals surface area contributed by atoms with Gasteiger partial charge in [-0.2, -0.15) is 13.2 Å². The second-order valence-electron chi connectivity index (χ2n) is 18.1. The summed E-state index contributed by atoms with van der Waals surface area (Å²) in [7, 11) is -5.27. The third-order valence-corrected chi connectivity index (χ3v) is 13.1. The van der Waals surface area contributed by atoms with Crippen LogP contribution in [0.2, 0.25) is 0 Å². The van der Waals surface area contributed by atoms with Crippen molar-refractivity contribution in [2.24, 2.45) is 0 Å². The fourth-order valence-electron chi connectivity index (χ4n) is 8.71. The number of hydrogen-bond acceptors (Lipinski definition) is 4. The minimum Gasteiger partial charge on any atom is -0.601 e. The lowest BCUT2D eigenvalue weighted by molar-refractivity contribution is -0.226. The minimum absolute atomic E-state index is 0.0443. The van der Waals surface area contributed by atoms with Gasteiger partial charge in [-0.15, -0.1) is 0 Å². The standard InChI is InChI=1S/C51H57F3NO3P/c1-27(2)35-23-39(29(5)6)45(40(24-35)30(7)8)43-21-33-17-13-15-19-37(33)47-48-38-20-16-14-18-34(38)22-44(50(48)58-59(56,57-49(43)47)55-51(52,53)54)46-41(31(9)10)25-36(28(3)4)26-42(46)32(11)12/h13-32H,1-12H3,(H,55,56). The first-order chi connectivity index (χ1) is 27.7. The fourth-order valence-corrected chi connectivity index (χ4v) is 10.0. The Bertz CT molecular complexity index is 2340. The lowest BCUT2D eigenvalue weighted by atomic mass is 9.78. The molecule has 1 heterocycles. The minimum atomic E-state index is -5.27. The first-order valence-corrected chi connectivity index (χ1v) is 22.6. The van der Waals surface area contributed by atoms with Crippen LogP contribution in [-0.2, 0) is 0 Å². The molecule has 0 aromatic heterocycles. The lowest BCUT2D eigenvalue weighted by Gasteiger charge is -2.29. The summed E-state index contributed by atoms with van der Waals surface area (Å²) in [5.41, 5.74) is 10.5. The molecule has 0 amide bonds. The molecule has 8 heteroatoms. The molecule has 7 rings (SSSR count). The molecule has 1 aliphatic heterocycles. The maximum atomic E-state index is 15.3. The van der Waals surface area contributed by atoms with E-state index in [9.17, 15) is 13.2 Å². The van der Waals surface area contributed by atoms with E-state index in [1.54, 1.807) is 0 Å². The number of fused-ring (bicyclic) bond motifs is 7. The van der Waals surface area contributed by atoms with Gasteiger partial charge in [-0.05, 0) is 119 Å². The highest BCUT2D eigenvalue weighted by Crippen LogP contribution is 2.65. The molecule has 0 radical (unpaired) electrons. The van der Waals surface area contributed by atoms with Crippen LogP contribution in [0.3, 0.4) is 0 Å². The number of rotatable bonds is 9. The second kappa shape index (κ2) is 15.9. The van der Waals surface area contributed by atoms with Crippen molar-refractivity contribution in [2.45, 2.75) is 125 Å². The number of halogens is 3. The first-order valence-electron chi connectivity index (χ1n) is 21.0. The highest BCUT2D eigenvalue weighted by molar-refractivity contribution is 7.58. The Labute approximate surface area is 348 Å². The summed E-state index contributed by atoms with van der Waals surface area (Å²) in [4.78, 5) is 15.3. The molecule has 310 valence electrons. The zero-order valence-electron chi connectivity index (χ0n) is 36.4. The summed E-state index contributed by atoms with van der Waals surface area (Å²) in [6.07, 6.45) is -5.11. The normalized spacial score (nSPS) is 14.1. The van der Waals surface area contributed by atoms with Crippen molar-refractivity contribution in [3.05, 3.63) is 118 Å². The fraction of sp³-hybridized carbons (Fsp3) is 0.373. The Morgan fingerprint density at radius 1 is 0.475 bits per heavy atom. The van der Waals surface area contributed by atoms with E-state index in [0.29, 0.717) is 22.3 Å². The summed E-state index contributed by atoms with van der Waals surface area (Å²) >= 11 is 0. The van der Waals surface area contributed by atoms with E-state index in [2.05, 4.69) is 107 Å². The molecular formula is C51H57F3NO3P. The van der Waals surface area contributed by atoms with Crippen LogP contribution in [0.1, 0.15) is 152 Å². The number of alkyl halides is 3. The Hall–Kier alpha value is -4.42. The van der Waals surface area contributed by atoms with Gasteiger partial charge in [-0.3, -0.25) is 9.05 Å². The van der Waals surface area contributed by atoms with Gasteiger partial charge in [0.2, 0.25) is 0 Å². The van der Waals surface area contributed by atoms with Gasteiger partial charge in [0.05, 0.1) is 0 Å². The van der Waals surface area contributed by atoms with Crippen molar-refractivity contribution in [3.63, 3.8) is 0 Å². The number of hydrogen-bond donors (Lipinski definition) is 1. The van der Waals surface area contributed by atoms with Crippen molar-refractivity contribution < 1.29 is 27.1 Å². The Morgan fingerprint density at radius 3 is 1.08 bits per heavy atom. The van der Waals surface area contributed by atoms with Gasteiger partial charge < -0.3 is 4.89 Å². The predicted octanol–water partition coefficient (Wildman–Crippen LogP) is 15.7. The van der Waals surface area contributed by atoms with E-state index in [1.807, 2.05) is 60.7 Å². The molecule has 0 fully saturated rings. The van der Waals surface area contributed by atoms with E-state index in [-0.39, 0.29) is 47.0 Å². The van der Waals surface area contributed by atoms with Gasteiger partial charge in [0, 0.05) is 22.3 Å². The van der Waals surface area contributed by atoms with Crippen LogP contribution in [0, 0.1) is 0 Å². The smallest absolute Gasteiger partial charge is 0.493 e. The van der Waals surface area contributed by atoms with Crippen LogP contribution in [0.4, 0.5) is 13.2 Å².